The fraction of sp³-hybridized carbons (Fsp3) is 0.533. The van der Waals surface area contributed by atoms with E-state index in [1.54, 1.807) is 12.1 Å². The van der Waals surface area contributed by atoms with E-state index in [1.807, 2.05) is 0 Å². The third-order valence-corrected chi connectivity index (χ3v) is 3.51. The van der Waals surface area contributed by atoms with Gasteiger partial charge >= 0.3 is 0 Å². The molecule has 1 unspecified atom stereocenters. The van der Waals surface area contributed by atoms with Gasteiger partial charge in [-0.25, -0.2) is 4.39 Å². The Morgan fingerprint density at radius 3 is 2.67 bits per heavy atom. The molecule has 5 nitrogen and oxygen atoms in total. The quantitative estimate of drug-likeness (QED) is 0.849. The van der Waals surface area contributed by atoms with E-state index in [1.165, 1.54) is 19.2 Å². The summed E-state index contributed by atoms with van der Waals surface area (Å²) in [5, 5.41) is 2.85. The minimum Gasteiger partial charge on any atom is -0.379 e. The van der Waals surface area contributed by atoms with Gasteiger partial charge in [0, 0.05) is 26.7 Å². The molecular formula is C15H21FN2O3. The summed E-state index contributed by atoms with van der Waals surface area (Å²) in [6, 6.07) is 6.42. The van der Waals surface area contributed by atoms with E-state index in [0.717, 1.165) is 18.7 Å². The average molecular weight is 296 g/mol. The molecule has 1 atom stereocenters. The van der Waals surface area contributed by atoms with Crippen LogP contribution in [0.2, 0.25) is 0 Å². The number of amides is 1. The number of rotatable bonds is 6. The Morgan fingerprint density at radius 1 is 1.38 bits per heavy atom. The van der Waals surface area contributed by atoms with E-state index in [-0.39, 0.29) is 24.4 Å². The highest BCUT2D eigenvalue weighted by molar-refractivity contribution is 5.77. The smallest absolute Gasteiger partial charge is 0.246 e. The van der Waals surface area contributed by atoms with Gasteiger partial charge in [-0.05, 0) is 17.7 Å². The van der Waals surface area contributed by atoms with Crippen molar-refractivity contribution < 1.29 is 18.7 Å². The number of methoxy groups -OCH3 is 1. The monoisotopic (exact) mass is 296 g/mol. The zero-order valence-electron chi connectivity index (χ0n) is 12.2. The van der Waals surface area contributed by atoms with Crippen molar-refractivity contribution in [1.29, 1.82) is 0 Å². The maximum atomic E-state index is 13.1. The van der Waals surface area contributed by atoms with Gasteiger partial charge in [-0.3, -0.25) is 9.69 Å². The second-order valence-electron chi connectivity index (χ2n) is 4.95. The van der Waals surface area contributed by atoms with Gasteiger partial charge in [0.2, 0.25) is 5.91 Å². The molecule has 0 radical (unpaired) electrons. The highest BCUT2D eigenvalue weighted by Gasteiger charge is 2.23. The molecule has 1 N–H and O–H groups in total. The van der Waals surface area contributed by atoms with Gasteiger partial charge < -0.3 is 14.8 Å². The number of carbonyl (C=O) groups is 1. The molecule has 6 heteroatoms. The summed E-state index contributed by atoms with van der Waals surface area (Å²) in [7, 11) is 1.49. The number of nitrogens with zero attached hydrogens (tertiary/aromatic N) is 1. The molecule has 1 fully saturated rings. The molecule has 0 aliphatic carbocycles. The number of carbonyl (C=O) groups excluding carboxylic acids is 1. The number of hydrogen-bond donors (Lipinski definition) is 1. The highest BCUT2D eigenvalue weighted by Crippen LogP contribution is 2.21. The largest absolute Gasteiger partial charge is 0.379 e. The van der Waals surface area contributed by atoms with E-state index < -0.39 is 0 Å². The molecule has 0 aromatic heterocycles. The first kappa shape index (κ1) is 15.9. The fourth-order valence-corrected chi connectivity index (χ4v) is 2.42. The molecule has 116 valence electrons. The van der Waals surface area contributed by atoms with Crippen molar-refractivity contribution in [3.05, 3.63) is 35.6 Å². The number of halogens is 1. The van der Waals surface area contributed by atoms with Crippen LogP contribution in [-0.4, -0.2) is 57.4 Å². The molecule has 1 heterocycles. The first-order chi connectivity index (χ1) is 10.2. The fourth-order valence-electron chi connectivity index (χ4n) is 2.42. The number of hydrogen-bond acceptors (Lipinski definition) is 4. The van der Waals surface area contributed by atoms with E-state index in [9.17, 15) is 9.18 Å². The summed E-state index contributed by atoms with van der Waals surface area (Å²) < 4.78 is 23.3. The summed E-state index contributed by atoms with van der Waals surface area (Å²) in [6.45, 7) is 3.44. The van der Waals surface area contributed by atoms with Crippen LogP contribution in [0.15, 0.2) is 24.3 Å². The predicted octanol–water partition coefficient (Wildman–Crippen LogP) is 0.962. The van der Waals surface area contributed by atoms with Crippen LogP contribution in [0.25, 0.3) is 0 Å². The maximum absolute atomic E-state index is 13.1. The van der Waals surface area contributed by atoms with Crippen molar-refractivity contribution in [2.45, 2.75) is 6.04 Å². The van der Waals surface area contributed by atoms with Gasteiger partial charge in [-0.15, -0.1) is 0 Å². The van der Waals surface area contributed by atoms with Gasteiger partial charge in [0.1, 0.15) is 12.4 Å². The molecule has 1 aliphatic heterocycles. The third kappa shape index (κ3) is 4.77. The lowest BCUT2D eigenvalue weighted by molar-refractivity contribution is -0.125. The zero-order valence-corrected chi connectivity index (χ0v) is 12.2. The van der Waals surface area contributed by atoms with E-state index in [2.05, 4.69) is 10.2 Å². The van der Waals surface area contributed by atoms with Gasteiger partial charge in [-0.1, -0.05) is 12.1 Å². The van der Waals surface area contributed by atoms with Crippen molar-refractivity contribution in [3.8, 4) is 0 Å². The number of morpholine rings is 1. The highest BCUT2D eigenvalue weighted by atomic mass is 19.1. The Hall–Kier alpha value is -1.50. The minimum absolute atomic E-state index is 0.00954. The lowest BCUT2D eigenvalue weighted by Gasteiger charge is -2.34. The van der Waals surface area contributed by atoms with Crippen molar-refractivity contribution in [3.63, 3.8) is 0 Å². The SMILES string of the molecule is COCC(=O)NCC(c1ccc(F)cc1)N1CCOCC1. The first-order valence-corrected chi connectivity index (χ1v) is 7.03. The van der Waals surface area contributed by atoms with Crippen molar-refractivity contribution in [2.75, 3.05) is 46.6 Å². The van der Waals surface area contributed by atoms with Crippen molar-refractivity contribution in [1.82, 2.24) is 10.2 Å². The van der Waals surface area contributed by atoms with E-state index >= 15 is 0 Å². The molecule has 1 aromatic carbocycles. The van der Waals surface area contributed by atoms with Gasteiger partial charge in [0.05, 0.1) is 19.3 Å². The Kier molecular flexibility index (Phi) is 6.10. The summed E-state index contributed by atoms with van der Waals surface area (Å²) in [6.07, 6.45) is 0. The standard InChI is InChI=1S/C15H21FN2O3/c1-20-11-15(19)17-10-14(18-6-8-21-9-7-18)12-2-4-13(16)5-3-12/h2-5,14H,6-11H2,1H3,(H,17,19). The minimum atomic E-state index is -0.261. The van der Waals surface area contributed by atoms with Crippen LogP contribution in [0.4, 0.5) is 4.39 Å². The molecule has 0 bridgehead atoms. The Morgan fingerprint density at radius 2 is 2.05 bits per heavy atom. The summed E-state index contributed by atoms with van der Waals surface area (Å²) in [4.78, 5) is 13.8. The summed E-state index contributed by atoms with van der Waals surface area (Å²) >= 11 is 0. The van der Waals surface area contributed by atoms with E-state index in [4.69, 9.17) is 9.47 Å². The maximum Gasteiger partial charge on any atom is 0.246 e. The lowest BCUT2D eigenvalue weighted by atomic mass is 10.0. The van der Waals surface area contributed by atoms with Crippen LogP contribution >= 0.6 is 0 Å². The number of ether oxygens (including phenoxy) is 2. The zero-order chi connectivity index (χ0) is 15.1. The lowest BCUT2D eigenvalue weighted by Crippen LogP contribution is -2.44. The Bertz CT molecular complexity index is 447. The molecular weight excluding hydrogens is 275 g/mol. The first-order valence-electron chi connectivity index (χ1n) is 7.03. The van der Waals surface area contributed by atoms with Crippen LogP contribution in [0.1, 0.15) is 11.6 Å². The number of benzene rings is 1. The van der Waals surface area contributed by atoms with Gasteiger partial charge in [-0.2, -0.15) is 0 Å². The molecule has 1 amide bonds. The molecule has 21 heavy (non-hydrogen) atoms. The normalized spacial score (nSPS) is 17.4. The third-order valence-electron chi connectivity index (χ3n) is 3.51. The van der Waals surface area contributed by atoms with Crippen LogP contribution in [0.3, 0.4) is 0 Å². The van der Waals surface area contributed by atoms with Crippen LogP contribution in [0.5, 0.6) is 0 Å². The van der Waals surface area contributed by atoms with Crippen molar-refractivity contribution in [2.24, 2.45) is 0 Å². The molecule has 1 saturated heterocycles. The topological polar surface area (TPSA) is 50.8 Å². The average Bonchev–Trinajstić information content (AvgIpc) is 2.50. The summed E-state index contributed by atoms with van der Waals surface area (Å²) in [5.41, 5.74) is 0.982. The molecule has 1 aliphatic rings. The molecule has 2 rings (SSSR count). The van der Waals surface area contributed by atoms with Crippen molar-refractivity contribution >= 4 is 5.91 Å². The van der Waals surface area contributed by atoms with E-state index in [0.29, 0.717) is 19.8 Å². The molecule has 0 spiro atoms. The van der Waals surface area contributed by atoms with Crippen LogP contribution in [0, 0.1) is 5.82 Å². The van der Waals surface area contributed by atoms with Gasteiger partial charge in [0.15, 0.2) is 0 Å². The summed E-state index contributed by atoms with van der Waals surface area (Å²) in [5.74, 6) is -0.416. The van der Waals surface area contributed by atoms with Gasteiger partial charge in [0.25, 0.3) is 0 Å². The van der Waals surface area contributed by atoms with Crippen LogP contribution < -0.4 is 5.32 Å². The molecule has 0 saturated carbocycles. The second kappa shape index (κ2) is 8.07. The molecule has 1 aromatic rings. The van der Waals surface area contributed by atoms with Crippen LogP contribution in [-0.2, 0) is 14.3 Å². The second-order valence-corrected chi connectivity index (χ2v) is 4.95. The Balaban J connectivity index is 2.05. The Labute approximate surface area is 124 Å². The number of nitrogens with one attached hydrogen (secondary N) is 1. The predicted molar refractivity (Wildman–Crippen MR) is 76.4 cm³/mol.